The number of fused-ring (bicyclic) bond motifs is 1. The summed E-state index contributed by atoms with van der Waals surface area (Å²) >= 11 is 1.67. The minimum Gasteiger partial charge on any atom is -0.328 e. The van der Waals surface area contributed by atoms with Crippen LogP contribution in [-0.2, 0) is 6.54 Å². The van der Waals surface area contributed by atoms with Gasteiger partial charge in [0.2, 0.25) is 0 Å². The van der Waals surface area contributed by atoms with Gasteiger partial charge in [0.05, 0.1) is 5.69 Å². The van der Waals surface area contributed by atoms with Gasteiger partial charge >= 0.3 is 0 Å². The Morgan fingerprint density at radius 1 is 1.29 bits per heavy atom. The van der Waals surface area contributed by atoms with Gasteiger partial charge in [-0.05, 0) is 25.1 Å². The molecule has 1 N–H and O–H groups in total. The topological polar surface area (TPSA) is 32.6 Å². The van der Waals surface area contributed by atoms with Crippen LogP contribution in [0.2, 0.25) is 0 Å². The van der Waals surface area contributed by atoms with Gasteiger partial charge in [0.1, 0.15) is 0 Å². The number of para-hydroxylation sites is 1. The number of hydrogen-bond acceptors (Lipinski definition) is 4. The summed E-state index contributed by atoms with van der Waals surface area (Å²) in [7, 11) is 2.07. The Hall–Kier alpha value is -1.85. The van der Waals surface area contributed by atoms with E-state index in [1.54, 1.807) is 11.3 Å². The molecule has 0 spiro atoms. The highest BCUT2D eigenvalue weighted by Crippen LogP contribution is 2.28. The maximum atomic E-state index is 4.80. The zero-order valence-corrected chi connectivity index (χ0v) is 13.2. The van der Waals surface area contributed by atoms with E-state index in [4.69, 9.17) is 4.98 Å². The summed E-state index contributed by atoms with van der Waals surface area (Å²) in [5.74, 6) is 1.02. The van der Waals surface area contributed by atoms with E-state index in [-0.39, 0.29) is 0 Å². The standard InChI is InChI=1S/C16H20N4S/c1-3-9-17-12-14-15(18-16-20(14)10-11-21-16)19(2)13-7-5-4-6-8-13/h4-8,10-11,17H,3,9,12H2,1-2H3. The average Bonchev–Trinajstić information content (AvgIpc) is 3.10. The summed E-state index contributed by atoms with van der Waals surface area (Å²) in [5, 5.41) is 5.56. The van der Waals surface area contributed by atoms with E-state index >= 15 is 0 Å². The fourth-order valence-electron chi connectivity index (χ4n) is 2.41. The number of nitrogens with zero attached hydrogens (tertiary/aromatic N) is 3. The maximum absolute atomic E-state index is 4.80. The number of benzene rings is 1. The lowest BCUT2D eigenvalue weighted by Gasteiger charge is -2.18. The summed E-state index contributed by atoms with van der Waals surface area (Å²) in [6.07, 6.45) is 3.23. The average molecular weight is 300 g/mol. The van der Waals surface area contributed by atoms with Gasteiger partial charge in [0.25, 0.3) is 0 Å². The van der Waals surface area contributed by atoms with Crippen molar-refractivity contribution < 1.29 is 0 Å². The smallest absolute Gasteiger partial charge is 0.195 e. The molecule has 2 heterocycles. The first-order valence-corrected chi connectivity index (χ1v) is 8.13. The molecule has 5 heteroatoms. The molecular weight excluding hydrogens is 280 g/mol. The van der Waals surface area contributed by atoms with Crippen molar-refractivity contribution in [2.75, 3.05) is 18.5 Å². The van der Waals surface area contributed by atoms with Crippen LogP contribution in [0.3, 0.4) is 0 Å². The highest BCUT2D eigenvalue weighted by atomic mass is 32.1. The van der Waals surface area contributed by atoms with Crippen LogP contribution >= 0.6 is 11.3 Å². The van der Waals surface area contributed by atoms with Gasteiger partial charge in [-0.2, -0.15) is 0 Å². The first kappa shape index (κ1) is 14.1. The van der Waals surface area contributed by atoms with Crippen molar-refractivity contribution in [3.63, 3.8) is 0 Å². The number of hydrogen-bond donors (Lipinski definition) is 1. The Morgan fingerprint density at radius 3 is 2.86 bits per heavy atom. The number of anilines is 2. The Kier molecular flexibility index (Phi) is 4.22. The summed E-state index contributed by atoms with van der Waals surface area (Å²) in [6.45, 7) is 4.03. The molecule has 0 aliphatic rings. The van der Waals surface area contributed by atoms with E-state index in [1.807, 2.05) is 6.07 Å². The Labute approximate surface area is 129 Å². The molecule has 1 aromatic carbocycles. The van der Waals surface area contributed by atoms with Crippen molar-refractivity contribution in [3.8, 4) is 0 Å². The lowest BCUT2D eigenvalue weighted by atomic mass is 10.3. The highest BCUT2D eigenvalue weighted by molar-refractivity contribution is 7.15. The maximum Gasteiger partial charge on any atom is 0.195 e. The molecule has 4 nitrogen and oxygen atoms in total. The molecule has 0 fully saturated rings. The highest BCUT2D eigenvalue weighted by Gasteiger charge is 2.17. The second-order valence-electron chi connectivity index (χ2n) is 5.01. The molecule has 3 rings (SSSR count). The monoisotopic (exact) mass is 300 g/mol. The largest absolute Gasteiger partial charge is 0.328 e. The van der Waals surface area contributed by atoms with Crippen molar-refractivity contribution in [2.45, 2.75) is 19.9 Å². The Balaban J connectivity index is 1.96. The molecule has 3 aromatic rings. The molecule has 0 aliphatic carbocycles. The van der Waals surface area contributed by atoms with Crippen LogP contribution in [0.4, 0.5) is 11.5 Å². The SMILES string of the molecule is CCCNCc1c(N(C)c2ccccc2)nc2sccn12. The molecule has 0 saturated heterocycles. The normalized spacial score (nSPS) is 11.1. The van der Waals surface area contributed by atoms with Gasteiger partial charge in [-0.1, -0.05) is 25.1 Å². The van der Waals surface area contributed by atoms with Crippen molar-refractivity contribution in [1.29, 1.82) is 0 Å². The summed E-state index contributed by atoms with van der Waals surface area (Å²) in [4.78, 5) is 7.99. The first-order chi connectivity index (χ1) is 10.3. The van der Waals surface area contributed by atoms with Crippen LogP contribution in [0.15, 0.2) is 41.9 Å². The predicted molar refractivity (Wildman–Crippen MR) is 89.6 cm³/mol. The fourth-order valence-corrected chi connectivity index (χ4v) is 3.14. The first-order valence-electron chi connectivity index (χ1n) is 7.25. The van der Waals surface area contributed by atoms with Crippen LogP contribution in [0.5, 0.6) is 0 Å². The second kappa shape index (κ2) is 6.28. The lowest BCUT2D eigenvalue weighted by Crippen LogP contribution is -2.18. The van der Waals surface area contributed by atoms with E-state index in [0.29, 0.717) is 0 Å². The number of nitrogens with one attached hydrogen (secondary N) is 1. The van der Waals surface area contributed by atoms with E-state index < -0.39 is 0 Å². The third kappa shape index (κ3) is 2.80. The van der Waals surface area contributed by atoms with E-state index in [1.165, 1.54) is 5.69 Å². The second-order valence-corrected chi connectivity index (χ2v) is 5.88. The lowest BCUT2D eigenvalue weighted by molar-refractivity contribution is 0.661. The molecule has 0 bridgehead atoms. The predicted octanol–water partition coefficient (Wildman–Crippen LogP) is 3.66. The number of thiazole rings is 1. The Morgan fingerprint density at radius 2 is 2.10 bits per heavy atom. The van der Waals surface area contributed by atoms with Gasteiger partial charge in [0, 0.05) is 30.9 Å². The van der Waals surface area contributed by atoms with Crippen molar-refractivity contribution in [2.24, 2.45) is 0 Å². The molecule has 0 amide bonds. The molecule has 0 atom stereocenters. The molecule has 21 heavy (non-hydrogen) atoms. The summed E-state index contributed by atoms with van der Waals surface area (Å²) < 4.78 is 2.18. The van der Waals surface area contributed by atoms with Gasteiger partial charge in [-0.3, -0.25) is 4.40 Å². The zero-order valence-electron chi connectivity index (χ0n) is 12.4. The molecule has 0 aliphatic heterocycles. The number of aromatic nitrogens is 2. The Bertz CT molecular complexity index is 701. The van der Waals surface area contributed by atoms with Crippen LogP contribution < -0.4 is 10.2 Å². The quantitative estimate of drug-likeness (QED) is 0.705. The minimum atomic E-state index is 0.832. The third-order valence-corrected chi connectivity index (χ3v) is 4.28. The zero-order chi connectivity index (χ0) is 14.7. The van der Waals surface area contributed by atoms with E-state index in [0.717, 1.165) is 36.0 Å². The summed E-state index contributed by atoms with van der Waals surface area (Å²) in [5.41, 5.74) is 2.37. The minimum absolute atomic E-state index is 0.832. The molecule has 0 unspecified atom stereocenters. The number of rotatable bonds is 6. The van der Waals surface area contributed by atoms with Crippen molar-refractivity contribution in [3.05, 3.63) is 47.6 Å². The molecule has 0 saturated carbocycles. The molecule has 0 radical (unpaired) electrons. The summed E-state index contributed by atoms with van der Waals surface area (Å²) in [6, 6.07) is 10.4. The third-order valence-electron chi connectivity index (χ3n) is 3.52. The van der Waals surface area contributed by atoms with Crippen LogP contribution in [0, 0.1) is 0 Å². The van der Waals surface area contributed by atoms with Gasteiger partial charge in [-0.25, -0.2) is 4.98 Å². The van der Waals surface area contributed by atoms with Crippen LogP contribution in [0.25, 0.3) is 4.96 Å². The van der Waals surface area contributed by atoms with Crippen LogP contribution in [-0.4, -0.2) is 23.0 Å². The van der Waals surface area contributed by atoms with Crippen molar-refractivity contribution in [1.82, 2.24) is 14.7 Å². The molecule has 2 aromatic heterocycles. The van der Waals surface area contributed by atoms with Gasteiger partial charge in [-0.15, -0.1) is 11.3 Å². The van der Waals surface area contributed by atoms with E-state index in [2.05, 4.69) is 64.4 Å². The van der Waals surface area contributed by atoms with Gasteiger partial charge < -0.3 is 10.2 Å². The fraction of sp³-hybridized carbons (Fsp3) is 0.312. The van der Waals surface area contributed by atoms with Gasteiger partial charge in [0.15, 0.2) is 10.8 Å². The van der Waals surface area contributed by atoms with Crippen LogP contribution in [0.1, 0.15) is 19.0 Å². The number of imidazole rings is 1. The molecular formula is C16H20N4S. The van der Waals surface area contributed by atoms with E-state index in [9.17, 15) is 0 Å². The van der Waals surface area contributed by atoms with Crippen molar-refractivity contribution >= 4 is 27.8 Å². The molecule has 110 valence electrons.